The monoisotopic (exact) mass is 221 g/mol. The number of ether oxygens (including phenoxy) is 1. The molecular weight excluding hydrogens is 206 g/mol. The SMILES string of the molecule is C=CCN1CCO1.O=COc1ccccc1. The summed E-state index contributed by atoms with van der Waals surface area (Å²) < 4.78 is 4.53. The summed E-state index contributed by atoms with van der Waals surface area (Å²) in [6.45, 7) is 6.78. The summed E-state index contributed by atoms with van der Waals surface area (Å²) in [5.74, 6) is 0.576. The highest BCUT2D eigenvalue weighted by Gasteiger charge is 2.10. The molecule has 0 amide bonds. The molecule has 86 valence electrons. The molecule has 1 heterocycles. The van der Waals surface area contributed by atoms with E-state index < -0.39 is 0 Å². The van der Waals surface area contributed by atoms with Gasteiger partial charge in [0.25, 0.3) is 6.47 Å². The van der Waals surface area contributed by atoms with Crippen LogP contribution in [0, 0.1) is 0 Å². The van der Waals surface area contributed by atoms with E-state index in [9.17, 15) is 4.79 Å². The van der Waals surface area contributed by atoms with Crippen molar-refractivity contribution >= 4 is 6.47 Å². The lowest BCUT2D eigenvalue weighted by Crippen LogP contribution is -2.39. The van der Waals surface area contributed by atoms with E-state index in [-0.39, 0.29) is 0 Å². The summed E-state index contributed by atoms with van der Waals surface area (Å²) in [5, 5.41) is 1.87. The molecule has 1 fully saturated rings. The molecule has 0 bridgehead atoms. The van der Waals surface area contributed by atoms with Gasteiger partial charge in [-0.05, 0) is 12.1 Å². The fourth-order valence-corrected chi connectivity index (χ4v) is 1.06. The van der Waals surface area contributed by atoms with Gasteiger partial charge in [-0.15, -0.1) is 6.58 Å². The number of hydroxylamine groups is 2. The molecule has 0 radical (unpaired) electrons. The zero-order chi connectivity index (χ0) is 11.6. The van der Waals surface area contributed by atoms with Crippen molar-refractivity contribution in [2.24, 2.45) is 0 Å². The molecule has 0 spiro atoms. The maximum absolute atomic E-state index is 9.75. The standard InChI is InChI=1S/C7H6O2.C5H9NO/c8-6-9-7-4-2-1-3-5-7;1-2-3-6-4-5-7-6/h1-6H;2H,1,3-5H2. The molecule has 1 aliphatic heterocycles. The Bertz CT molecular complexity index is 309. The number of carbonyl (C=O) groups is 1. The lowest BCUT2D eigenvalue weighted by Gasteiger charge is -2.28. The van der Waals surface area contributed by atoms with E-state index in [0.717, 1.165) is 19.7 Å². The van der Waals surface area contributed by atoms with Crippen molar-refractivity contribution in [1.29, 1.82) is 0 Å². The maximum atomic E-state index is 9.75. The van der Waals surface area contributed by atoms with Crippen molar-refractivity contribution in [3.05, 3.63) is 43.0 Å². The number of carbonyl (C=O) groups excluding carboxylic acids is 1. The summed E-state index contributed by atoms with van der Waals surface area (Å²) in [5.41, 5.74) is 0. The Hall–Kier alpha value is -1.65. The van der Waals surface area contributed by atoms with Gasteiger partial charge in [-0.3, -0.25) is 9.63 Å². The van der Waals surface area contributed by atoms with Crippen LogP contribution in [0.5, 0.6) is 5.75 Å². The first kappa shape index (κ1) is 12.4. The lowest BCUT2D eigenvalue weighted by molar-refractivity contribution is -0.239. The van der Waals surface area contributed by atoms with Crippen LogP contribution in [0.1, 0.15) is 0 Å². The average molecular weight is 221 g/mol. The van der Waals surface area contributed by atoms with Crippen molar-refractivity contribution in [2.75, 3.05) is 19.7 Å². The summed E-state index contributed by atoms with van der Waals surface area (Å²) >= 11 is 0. The molecule has 1 aromatic carbocycles. The summed E-state index contributed by atoms with van der Waals surface area (Å²) in [4.78, 5) is 14.7. The Kier molecular flexibility index (Phi) is 5.91. The van der Waals surface area contributed by atoms with Gasteiger partial charge in [0.1, 0.15) is 5.75 Å². The molecule has 2 rings (SSSR count). The van der Waals surface area contributed by atoms with Gasteiger partial charge in [-0.2, -0.15) is 5.06 Å². The highest BCUT2D eigenvalue weighted by molar-refractivity contribution is 5.44. The number of hydrogen-bond donors (Lipinski definition) is 0. The second kappa shape index (κ2) is 7.62. The Morgan fingerprint density at radius 3 is 2.50 bits per heavy atom. The molecule has 1 aliphatic rings. The van der Waals surface area contributed by atoms with Crippen LogP contribution in [0.25, 0.3) is 0 Å². The molecule has 0 N–H and O–H groups in total. The van der Waals surface area contributed by atoms with E-state index >= 15 is 0 Å². The van der Waals surface area contributed by atoms with E-state index in [1.54, 1.807) is 24.3 Å². The van der Waals surface area contributed by atoms with Crippen molar-refractivity contribution in [1.82, 2.24) is 5.06 Å². The normalized spacial score (nSPS) is 14.0. The second-order valence-corrected chi connectivity index (χ2v) is 3.04. The number of benzene rings is 1. The van der Waals surface area contributed by atoms with Gasteiger partial charge in [0.05, 0.1) is 6.61 Å². The van der Waals surface area contributed by atoms with Crippen LogP contribution in [-0.4, -0.2) is 31.2 Å². The van der Waals surface area contributed by atoms with Crippen LogP contribution >= 0.6 is 0 Å². The molecule has 1 saturated heterocycles. The van der Waals surface area contributed by atoms with E-state index in [4.69, 9.17) is 4.84 Å². The molecule has 16 heavy (non-hydrogen) atoms. The molecule has 0 aromatic heterocycles. The molecule has 0 atom stereocenters. The van der Waals surface area contributed by atoms with Crippen molar-refractivity contribution in [3.63, 3.8) is 0 Å². The van der Waals surface area contributed by atoms with Gasteiger partial charge in [0.15, 0.2) is 0 Å². The Labute approximate surface area is 95.0 Å². The van der Waals surface area contributed by atoms with Crippen LogP contribution in [0.15, 0.2) is 43.0 Å². The van der Waals surface area contributed by atoms with Crippen molar-refractivity contribution in [2.45, 2.75) is 0 Å². The third-order valence-corrected chi connectivity index (χ3v) is 1.87. The van der Waals surface area contributed by atoms with E-state index in [0.29, 0.717) is 12.2 Å². The Morgan fingerprint density at radius 1 is 1.44 bits per heavy atom. The molecule has 4 heteroatoms. The zero-order valence-electron chi connectivity index (χ0n) is 9.04. The zero-order valence-corrected chi connectivity index (χ0v) is 9.04. The fourth-order valence-electron chi connectivity index (χ4n) is 1.06. The Morgan fingerprint density at radius 2 is 2.12 bits per heavy atom. The summed E-state index contributed by atoms with van der Waals surface area (Å²) in [6.07, 6.45) is 1.83. The van der Waals surface area contributed by atoms with E-state index in [1.807, 2.05) is 17.2 Å². The van der Waals surface area contributed by atoms with Crippen molar-refractivity contribution < 1.29 is 14.4 Å². The summed E-state index contributed by atoms with van der Waals surface area (Å²) in [6, 6.07) is 8.90. The topological polar surface area (TPSA) is 38.8 Å². The molecular formula is C12H15NO3. The van der Waals surface area contributed by atoms with Crippen LogP contribution in [-0.2, 0) is 9.63 Å². The van der Waals surface area contributed by atoms with E-state index in [2.05, 4.69) is 11.3 Å². The van der Waals surface area contributed by atoms with Gasteiger partial charge in [-0.25, -0.2) is 0 Å². The largest absolute Gasteiger partial charge is 0.429 e. The minimum absolute atomic E-state index is 0.412. The van der Waals surface area contributed by atoms with Gasteiger partial charge < -0.3 is 4.74 Å². The molecule has 0 saturated carbocycles. The molecule has 0 aliphatic carbocycles. The first-order valence-electron chi connectivity index (χ1n) is 5.01. The third-order valence-electron chi connectivity index (χ3n) is 1.87. The van der Waals surface area contributed by atoms with Gasteiger partial charge in [0, 0.05) is 13.1 Å². The van der Waals surface area contributed by atoms with Crippen LogP contribution in [0.4, 0.5) is 0 Å². The first-order valence-corrected chi connectivity index (χ1v) is 5.01. The smallest absolute Gasteiger partial charge is 0.298 e. The predicted octanol–water partition coefficient (Wildman–Crippen LogP) is 1.64. The van der Waals surface area contributed by atoms with Gasteiger partial charge in [-0.1, -0.05) is 24.3 Å². The maximum Gasteiger partial charge on any atom is 0.298 e. The molecule has 0 unspecified atom stereocenters. The summed E-state index contributed by atoms with van der Waals surface area (Å²) in [7, 11) is 0. The number of nitrogens with zero attached hydrogens (tertiary/aromatic N) is 1. The van der Waals surface area contributed by atoms with Crippen LogP contribution < -0.4 is 4.74 Å². The fraction of sp³-hybridized carbons (Fsp3) is 0.250. The number of hydrogen-bond acceptors (Lipinski definition) is 4. The lowest BCUT2D eigenvalue weighted by atomic mass is 10.3. The molecule has 1 aromatic rings. The number of para-hydroxylation sites is 1. The first-order chi connectivity index (χ1) is 7.86. The van der Waals surface area contributed by atoms with Crippen LogP contribution in [0.2, 0.25) is 0 Å². The van der Waals surface area contributed by atoms with Gasteiger partial charge in [0.2, 0.25) is 0 Å². The van der Waals surface area contributed by atoms with E-state index in [1.165, 1.54) is 0 Å². The highest BCUT2D eigenvalue weighted by Crippen LogP contribution is 2.05. The average Bonchev–Trinajstić information content (AvgIpc) is 2.26. The molecule has 4 nitrogen and oxygen atoms in total. The Balaban J connectivity index is 0.000000165. The highest BCUT2D eigenvalue weighted by atomic mass is 16.7. The third kappa shape index (κ3) is 4.72. The van der Waals surface area contributed by atoms with Gasteiger partial charge >= 0.3 is 0 Å². The predicted molar refractivity (Wildman–Crippen MR) is 60.9 cm³/mol. The minimum Gasteiger partial charge on any atom is -0.429 e. The number of rotatable bonds is 4. The van der Waals surface area contributed by atoms with Crippen molar-refractivity contribution in [3.8, 4) is 5.75 Å². The quantitative estimate of drug-likeness (QED) is 0.572. The second-order valence-electron chi connectivity index (χ2n) is 3.04. The minimum atomic E-state index is 0.412. The van der Waals surface area contributed by atoms with Crippen LogP contribution in [0.3, 0.4) is 0 Å².